The highest BCUT2D eigenvalue weighted by atomic mass is 32.2. The molecule has 0 aromatic carbocycles. The summed E-state index contributed by atoms with van der Waals surface area (Å²) in [5.41, 5.74) is 5.43. The Morgan fingerprint density at radius 1 is 1.47 bits per heavy atom. The molecule has 0 unspecified atom stereocenters. The summed E-state index contributed by atoms with van der Waals surface area (Å²) in [6, 6.07) is 0.216. The van der Waals surface area contributed by atoms with Crippen molar-refractivity contribution in [3.63, 3.8) is 0 Å². The summed E-state index contributed by atoms with van der Waals surface area (Å²) in [7, 11) is 0. The van der Waals surface area contributed by atoms with Gasteiger partial charge >= 0.3 is 0 Å². The first kappa shape index (κ1) is 14.7. The molecule has 0 aliphatic heterocycles. The quantitative estimate of drug-likeness (QED) is 0.696. The van der Waals surface area contributed by atoms with Crippen LogP contribution in [0.25, 0.3) is 0 Å². The minimum atomic E-state index is 0.190. The van der Waals surface area contributed by atoms with Crippen LogP contribution in [-0.2, 0) is 4.79 Å². The largest absolute Gasteiger partial charge is 0.393 e. The van der Waals surface area contributed by atoms with E-state index in [2.05, 4.69) is 0 Å². The zero-order valence-corrected chi connectivity index (χ0v) is 11.3. The van der Waals surface area contributed by atoms with Crippen molar-refractivity contribution in [2.24, 2.45) is 5.73 Å². The van der Waals surface area contributed by atoms with E-state index < -0.39 is 0 Å². The zero-order chi connectivity index (χ0) is 11.8. The van der Waals surface area contributed by atoms with Crippen LogP contribution in [0.3, 0.4) is 0 Å². The Hall–Kier alpha value is -0.290. The number of nitrogens with two attached hydrogens (primary N) is 1. The Balaban J connectivity index is 4.13. The molecule has 0 saturated heterocycles. The van der Waals surface area contributed by atoms with Crippen molar-refractivity contribution in [3.05, 3.63) is 0 Å². The molecule has 1 amide bonds. The second kappa shape index (κ2) is 7.93. The molecule has 0 rings (SSSR count). The second-order valence-electron chi connectivity index (χ2n) is 3.64. The summed E-state index contributed by atoms with van der Waals surface area (Å²) in [4.78, 5) is 14.1. The Labute approximate surface area is 102 Å². The highest BCUT2D eigenvalue weighted by molar-refractivity contribution is 7.98. The van der Waals surface area contributed by atoms with Crippen LogP contribution in [0.2, 0.25) is 0 Å². The van der Waals surface area contributed by atoms with Crippen molar-refractivity contribution in [2.45, 2.75) is 32.7 Å². The molecule has 0 aromatic rings. The first-order valence-corrected chi connectivity index (χ1v) is 6.86. The lowest BCUT2D eigenvalue weighted by molar-refractivity contribution is -0.132. The fraction of sp³-hybridized carbons (Fsp3) is 0.800. The number of hydrogen-bond donors (Lipinski definition) is 1. The summed E-state index contributed by atoms with van der Waals surface area (Å²) < 4.78 is 0. The molecule has 0 atom stereocenters. The fourth-order valence-corrected chi connectivity index (χ4v) is 1.70. The molecule has 0 radical (unpaired) electrons. The third kappa shape index (κ3) is 6.73. The lowest BCUT2D eigenvalue weighted by Crippen LogP contribution is -2.39. The molecular formula is C10H20N2OS2. The fourth-order valence-electron chi connectivity index (χ4n) is 1.23. The van der Waals surface area contributed by atoms with Gasteiger partial charge in [-0.3, -0.25) is 4.79 Å². The van der Waals surface area contributed by atoms with E-state index in [1.165, 1.54) is 0 Å². The van der Waals surface area contributed by atoms with Crippen LogP contribution in [0.1, 0.15) is 26.7 Å². The third-order valence-corrected chi connectivity index (χ3v) is 2.88. The molecule has 88 valence electrons. The first-order valence-electron chi connectivity index (χ1n) is 5.05. The SMILES string of the molecule is CSCCC(=O)N(CCC(N)=S)C(C)C. The van der Waals surface area contributed by atoms with Gasteiger partial charge in [0.2, 0.25) is 5.91 Å². The Morgan fingerprint density at radius 3 is 2.47 bits per heavy atom. The van der Waals surface area contributed by atoms with Gasteiger partial charge in [0.25, 0.3) is 0 Å². The molecule has 0 aliphatic carbocycles. The molecule has 15 heavy (non-hydrogen) atoms. The average Bonchev–Trinajstić information content (AvgIpc) is 2.13. The molecule has 2 N–H and O–H groups in total. The highest BCUT2D eigenvalue weighted by Crippen LogP contribution is 2.06. The van der Waals surface area contributed by atoms with E-state index >= 15 is 0 Å². The minimum absolute atomic E-state index is 0.190. The van der Waals surface area contributed by atoms with Crippen molar-refractivity contribution in [2.75, 3.05) is 18.6 Å². The number of thiocarbonyl (C=S) groups is 1. The van der Waals surface area contributed by atoms with Gasteiger partial charge in [-0.25, -0.2) is 0 Å². The lowest BCUT2D eigenvalue weighted by atomic mass is 10.2. The van der Waals surface area contributed by atoms with Crippen molar-refractivity contribution in [1.29, 1.82) is 0 Å². The molecule has 0 spiro atoms. The number of rotatable bonds is 7. The smallest absolute Gasteiger partial charge is 0.223 e. The predicted molar refractivity (Wildman–Crippen MR) is 71.3 cm³/mol. The number of carbonyl (C=O) groups is 1. The van der Waals surface area contributed by atoms with E-state index in [9.17, 15) is 4.79 Å². The van der Waals surface area contributed by atoms with E-state index in [1.54, 1.807) is 11.8 Å². The van der Waals surface area contributed by atoms with Crippen molar-refractivity contribution >= 4 is 34.9 Å². The number of nitrogens with zero attached hydrogens (tertiary/aromatic N) is 1. The molecule has 0 heterocycles. The summed E-state index contributed by atoms with van der Waals surface area (Å²) in [6.07, 6.45) is 3.21. The van der Waals surface area contributed by atoms with Gasteiger partial charge in [0, 0.05) is 31.2 Å². The van der Waals surface area contributed by atoms with E-state index in [1.807, 2.05) is 25.0 Å². The molecule has 3 nitrogen and oxygen atoms in total. The van der Waals surface area contributed by atoms with Crippen molar-refractivity contribution in [1.82, 2.24) is 4.90 Å². The maximum atomic E-state index is 11.8. The van der Waals surface area contributed by atoms with E-state index in [0.29, 0.717) is 24.4 Å². The van der Waals surface area contributed by atoms with Gasteiger partial charge in [-0.05, 0) is 20.1 Å². The van der Waals surface area contributed by atoms with Crippen LogP contribution in [-0.4, -0.2) is 40.4 Å². The van der Waals surface area contributed by atoms with Gasteiger partial charge in [-0.15, -0.1) is 0 Å². The minimum Gasteiger partial charge on any atom is -0.393 e. The van der Waals surface area contributed by atoms with Crippen LogP contribution in [0.4, 0.5) is 0 Å². The normalized spacial score (nSPS) is 10.4. The molecule has 0 fully saturated rings. The lowest BCUT2D eigenvalue weighted by Gasteiger charge is -2.26. The number of carbonyl (C=O) groups excluding carboxylic acids is 1. The molecule has 0 bridgehead atoms. The summed E-state index contributed by atoms with van der Waals surface area (Å²) in [5.74, 6) is 1.06. The third-order valence-electron chi connectivity index (χ3n) is 2.06. The maximum Gasteiger partial charge on any atom is 0.223 e. The van der Waals surface area contributed by atoms with E-state index in [0.717, 1.165) is 5.75 Å². The van der Waals surface area contributed by atoms with Crippen LogP contribution in [0.5, 0.6) is 0 Å². The van der Waals surface area contributed by atoms with Crippen LogP contribution >= 0.6 is 24.0 Å². The molecule has 0 aromatic heterocycles. The van der Waals surface area contributed by atoms with Crippen molar-refractivity contribution < 1.29 is 4.79 Å². The highest BCUT2D eigenvalue weighted by Gasteiger charge is 2.15. The number of thioether (sulfide) groups is 1. The molecule has 0 aliphatic rings. The Kier molecular flexibility index (Phi) is 7.78. The summed E-state index contributed by atoms with van der Waals surface area (Å²) >= 11 is 6.50. The van der Waals surface area contributed by atoms with Crippen molar-refractivity contribution in [3.8, 4) is 0 Å². The molecular weight excluding hydrogens is 228 g/mol. The van der Waals surface area contributed by atoms with Crippen LogP contribution < -0.4 is 5.73 Å². The van der Waals surface area contributed by atoms with Gasteiger partial charge in [0.1, 0.15) is 0 Å². The molecule has 5 heteroatoms. The topological polar surface area (TPSA) is 46.3 Å². The van der Waals surface area contributed by atoms with Gasteiger partial charge in [0.05, 0.1) is 4.99 Å². The number of amides is 1. The monoisotopic (exact) mass is 248 g/mol. The van der Waals surface area contributed by atoms with Gasteiger partial charge in [-0.2, -0.15) is 11.8 Å². The summed E-state index contributed by atoms with van der Waals surface area (Å²) in [6.45, 7) is 4.66. The van der Waals surface area contributed by atoms with E-state index in [-0.39, 0.29) is 11.9 Å². The Bertz CT molecular complexity index is 219. The first-order chi connectivity index (χ1) is 6.99. The molecule has 0 saturated carbocycles. The van der Waals surface area contributed by atoms with Gasteiger partial charge in [-0.1, -0.05) is 12.2 Å². The average molecular weight is 248 g/mol. The summed E-state index contributed by atoms with van der Waals surface area (Å²) in [5, 5.41) is 0. The van der Waals surface area contributed by atoms with Crippen LogP contribution in [0, 0.1) is 0 Å². The second-order valence-corrected chi connectivity index (χ2v) is 5.15. The van der Waals surface area contributed by atoms with Gasteiger partial charge in [0.15, 0.2) is 0 Å². The predicted octanol–water partition coefficient (Wildman–Crippen LogP) is 1.65. The van der Waals surface area contributed by atoms with Crippen LogP contribution in [0.15, 0.2) is 0 Å². The Morgan fingerprint density at radius 2 is 2.07 bits per heavy atom. The maximum absolute atomic E-state index is 11.8. The number of hydrogen-bond acceptors (Lipinski definition) is 3. The standard InChI is InChI=1S/C10H20N2OS2/c1-8(2)12(6-4-9(11)14)10(13)5-7-15-3/h8H,4-7H2,1-3H3,(H2,11,14). The van der Waals surface area contributed by atoms with Gasteiger partial charge < -0.3 is 10.6 Å². The van der Waals surface area contributed by atoms with E-state index in [4.69, 9.17) is 18.0 Å². The zero-order valence-electron chi connectivity index (χ0n) is 9.66.